The molecule has 1 aliphatic rings. The third kappa shape index (κ3) is 4.30. The van der Waals surface area contributed by atoms with Gasteiger partial charge in [0, 0.05) is 24.0 Å². The molecule has 1 aliphatic heterocycles. The number of aromatic nitrogens is 2. The van der Waals surface area contributed by atoms with E-state index < -0.39 is 29.2 Å². The number of carbonyl (C=O) groups excluding carboxylic acids is 2. The van der Waals surface area contributed by atoms with Crippen molar-refractivity contribution in [3.63, 3.8) is 0 Å². The zero-order valence-corrected chi connectivity index (χ0v) is 18.7. The molecule has 0 atom stereocenters. The van der Waals surface area contributed by atoms with Crippen LogP contribution in [-0.2, 0) is 11.0 Å². The van der Waals surface area contributed by atoms with Gasteiger partial charge in [0.2, 0.25) is 5.95 Å². The predicted molar refractivity (Wildman–Crippen MR) is 117 cm³/mol. The molecule has 33 heavy (non-hydrogen) atoms. The molecule has 12 heteroatoms. The molecule has 1 fully saturated rings. The number of halogens is 3. The van der Waals surface area contributed by atoms with Crippen molar-refractivity contribution in [2.45, 2.75) is 25.6 Å². The number of hydrogen-bond donors (Lipinski definition) is 2. The van der Waals surface area contributed by atoms with Crippen LogP contribution in [0.15, 0.2) is 30.5 Å². The van der Waals surface area contributed by atoms with E-state index in [4.69, 9.17) is 4.74 Å². The van der Waals surface area contributed by atoms with Crippen LogP contribution >= 0.6 is 11.3 Å². The summed E-state index contributed by atoms with van der Waals surface area (Å²) in [6.45, 7) is 3.48. The first kappa shape index (κ1) is 22.8. The second-order valence-corrected chi connectivity index (χ2v) is 8.95. The zero-order valence-electron chi connectivity index (χ0n) is 17.9. The number of amides is 3. The summed E-state index contributed by atoms with van der Waals surface area (Å²) in [4.78, 5) is 33.4. The van der Waals surface area contributed by atoms with Crippen LogP contribution in [0.25, 0.3) is 20.7 Å². The first-order valence-corrected chi connectivity index (χ1v) is 10.7. The lowest BCUT2D eigenvalue weighted by molar-refractivity contribution is -0.137. The number of nitrogens with one attached hydrogen (secondary N) is 2. The molecule has 3 heterocycles. The fourth-order valence-electron chi connectivity index (χ4n) is 3.48. The van der Waals surface area contributed by atoms with E-state index in [-0.39, 0.29) is 24.7 Å². The zero-order chi connectivity index (χ0) is 24.0. The van der Waals surface area contributed by atoms with Crippen LogP contribution in [-0.4, -0.2) is 52.5 Å². The highest BCUT2D eigenvalue weighted by atomic mass is 32.1. The van der Waals surface area contributed by atoms with Gasteiger partial charge in [-0.25, -0.2) is 14.8 Å². The van der Waals surface area contributed by atoms with Crippen molar-refractivity contribution in [3.05, 3.63) is 36.0 Å². The second kappa shape index (κ2) is 8.18. The molecule has 4 rings (SSSR count). The second-order valence-electron chi connectivity index (χ2n) is 7.86. The summed E-state index contributed by atoms with van der Waals surface area (Å²) in [7, 11) is 1.52. The van der Waals surface area contributed by atoms with E-state index in [9.17, 15) is 22.8 Å². The van der Waals surface area contributed by atoms with E-state index in [0.29, 0.717) is 10.6 Å². The van der Waals surface area contributed by atoms with Crippen molar-refractivity contribution in [1.29, 1.82) is 0 Å². The minimum absolute atomic E-state index is 0.0169. The van der Waals surface area contributed by atoms with E-state index >= 15 is 0 Å². The third-order valence-corrected chi connectivity index (χ3v) is 6.49. The highest BCUT2D eigenvalue weighted by molar-refractivity contribution is 7.22. The van der Waals surface area contributed by atoms with E-state index in [0.717, 1.165) is 16.3 Å². The van der Waals surface area contributed by atoms with Crippen molar-refractivity contribution >= 4 is 39.3 Å². The van der Waals surface area contributed by atoms with Crippen LogP contribution in [0.3, 0.4) is 0 Å². The van der Waals surface area contributed by atoms with Crippen molar-refractivity contribution in [3.8, 4) is 16.3 Å². The number of fused-ring (bicyclic) bond motifs is 1. The minimum atomic E-state index is -4.64. The number of imide groups is 1. The molecule has 1 aromatic carbocycles. The van der Waals surface area contributed by atoms with Crippen molar-refractivity contribution in [2.75, 3.05) is 25.5 Å². The van der Waals surface area contributed by atoms with Crippen molar-refractivity contribution < 1.29 is 27.5 Å². The Morgan fingerprint density at radius 2 is 2.00 bits per heavy atom. The highest BCUT2D eigenvalue weighted by Crippen LogP contribution is 2.41. The van der Waals surface area contributed by atoms with E-state index in [2.05, 4.69) is 20.6 Å². The van der Waals surface area contributed by atoms with Gasteiger partial charge in [0.15, 0.2) is 0 Å². The van der Waals surface area contributed by atoms with Crippen LogP contribution in [0.4, 0.5) is 23.9 Å². The highest BCUT2D eigenvalue weighted by Gasteiger charge is 2.45. The van der Waals surface area contributed by atoms with Crippen molar-refractivity contribution in [2.24, 2.45) is 0 Å². The maximum absolute atomic E-state index is 13.7. The summed E-state index contributed by atoms with van der Waals surface area (Å²) < 4.78 is 47.0. The Bertz CT molecular complexity index is 1240. The monoisotopic (exact) mass is 479 g/mol. The molecule has 3 aromatic rings. The van der Waals surface area contributed by atoms with E-state index in [1.165, 1.54) is 23.3 Å². The van der Waals surface area contributed by atoms with Crippen LogP contribution in [0, 0.1) is 0 Å². The number of methoxy groups -OCH3 is 1. The molecule has 0 aliphatic carbocycles. The topological polar surface area (TPSA) is 96.5 Å². The number of rotatable bonds is 6. The number of nitrogens with zero attached hydrogens (tertiary/aromatic N) is 3. The maximum atomic E-state index is 13.7. The maximum Gasteiger partial charge on any atom is 0.420 e. The average Bonchev–Trinajstić information content (AvgIpc) is 3.26. The summed E-state index contributed by atoms with van der Waals surface area (Å²) in [5.41, 5.74) is -2.21. The number of ether oxygens (including phenoxy) is 1. The van der Waals surface area contributed by atoms with Gasteiger partial charge in [-0.15, -0.1) is 11.3 Å². The number of alkyl halides is 3. The number of anilines is 1. The van der Waals surface area contributed by atoms with E-state index in [1.807, 2.05) is 0 Å². The molecular formula is C21H20F3N5O3S. The molecule has 3 amide bonds. The fraction of sp³-hybridized carbons (Fsp3) is 0.333. The standard InChI is InChI=1S/C21H20F3N5O3S/c1-20(2)17(30)28-19(31)29(20)7-6-25-18-26-10-13(21(22,23)24)16(27-18)15-9-11-8-12(32-3)4-5-14(11)33-15/h4-5,8-10H,6-7H2,1-3H3,(H,25,26,27)(H,28,30,31). The Hall–Kier alpha value is -3.41. The van der Waals surface area contributed by atoms with Crippen LogP contribution < -0.4 is 15.4 Å². The first-order valence-electron chi connectivity index (χ1n) is 9.90. The normalized spacial score (nSPS) is 15.8. The molecule has 0 saturated carbocycles. The molecule has 8 nitrogen and oxygen atoms in total. The summed E-state index contributed by atoms with van der Waals surface area (Å²) in [6.07, 6.45) is -3.90. The SMILES string of the molecule is COc1ccc2sc(-c3nc(NCCN4C(=O)NC(=O)C4(C)C)ncc3C(F)(F)F)cc2c1. The lowest BCUT2D eigenvalue weighted by Crippen LogP contribution is -2.46. The van der Waals surface area contributed by atoms with Gasteiger partial charge in [0.25, 0.3) is 5.91 Å². The third-order valence-electron chi connectivity index (χ3n) is 5.37. The molecule has 0 spiro atoms. The first-order chi connectivity index (χ1) is 15.5. The Kier molecular flexibility index (Phi) is 5.64. The van der Waals surface area contributed by atoms with Crippen molar-refractivity contribution in [1.82, 2.24) is 20.2 Å². The number of carbonyl (C=O) groups is 2. The minimum Gasteiger partial charge on any atom is -0.497 e. The van der Waals surface area contributed by atoms with Gasteiger partial charge in [-0.2, -0.15) is 13.2 Å². The quantitative estimate of drug-likeness (QED) is 0.516. The molecule has 0 radical (unpaired) electrons. The van der Waals surface area contributed by atoms with Gasteiger partial charge in [-0.05, 0) is 43.5 Å². The van der Waals surface area contributed by atoms with Gasteiger partial charge in [-0.3, -0.25) is 10.1 Å². The predicted octanol–water partition coefficient (Wildman–Crippen LogP) is 4.13. The van der Waals surface area contributed by atoms with Gasteiger partial charge < -0.3 is 15.0 Å². The fourth-order valence-corrected chi connectivity index (χ4v) is 4.53. The molecular weight excluding hydrogens is 459 g/mol. The van der Waals surface area contributed by atoms with Gasteiger partial charge in [0.05, 0.1) is 17.7 Å². The summed E-state index contributed by atoms with van der Waals surface area (Å²) in [5.74, 6) is 0.166. The van der Waals surface area contributed by atoms with Crippen LogP contribution in [0.5, 0.6) is 5.75 Å². The molecule has 2 aromatic heterocycles. The van der Waals surface area contributed by atoms with E-state index in [1.54, 1.807) is 38.1 Å². The number of hydrogen-bond acceptors (Lipinski definition) is 7. The lowest BCUT2D eigenvalue weighted by Gasteiger charge is -2.27. The molecule has 1 saturated heterocycles. The Morgan fingerprint density at radius 1 is 1.24 bits per heavy atom. The molecule has 174 valence electrons. The van der Waals surface area contributed by atoms with Gasteiger partial charge >= 0.3 is 12.2 Å². The van der Waals surface area contributed by atoms with Crippen LogP contribution in [0.1, 0.15) is 19.4 Å². The largest absolute Gasteiger partial charge is 0.497 e. The Morgan fingerprint density at radius 3 is 2.64 bits per heavy atom. The molecule has 2 N–H and O–H groups in total. The van der Waals surface area contributed by atoms with Gasteiger partial charge in [0.1, 0.15) is 16.9 Å². The average molecular weight is 479 g/mol. The molecule has 0 unspecified atom stereocenters. The van der Waals surface area contributed by atoms with Crippen LogP contribution in [0.2, 0.25) is 0 Å². The summed E-state index contributed by atoms with van der Waals surface area (Å²) in [5, 5.41) is 5.82. The Labute approximate surface area is 190 Å². The lowest BCUT2D eigenvalue weighted by atomic mass is 10.0. The smallest absolute Gasteiger partial charge is 0.420 e. The number of thiophene rings is 1. The molecule has 0 bridgehead atoms. The summed E-state index contributed by atoms with van der Waals surface area (Å²) >= 11 is 1.18. The Balaban J connectivity index is 1.61. The van der Waals surface area contributed by atoms with Gasteiger partial charge in [-0.1, -0.05) is 0 Å². The summed E-state index contributed by atoms with van der Waals surface area (Å²) in [6, 6.07) is 6.36. The number of benzene rings is 1. The number of urea groups is 1.